The van der Waals surface area contributed by atoms with Gasteiger partial charge in [0, 0.05) is 6.54 Å². The highest BCUT2D eigenvalue weighted by molar-refractivity contribution is 4.91. The molecule has 0 bridgehead atoms. The molecule has 1 heterocycles. The lowest BCUT2D eigenvalue weighted by atomic mass is 9.97. The highest BCUT2D eigenvalue weighted by atomic mass is 35.5. The molecule has 4 atom stereocenters. The second-order valence-corrected chi connectivity index (χ2v) is 2.75. The quantitative estimate of drug-likeness (QED) is 0.289. The van der Waals surface area contributed by atoms with Crippen LogP contribution in [0.2, 0.25) is 0 Å². The van der Waals surface area contributed by atoms with Gasteiger partial charge in [-0.2, -0.15) is 0 Å². The smallest absolute Gasteiger partial charge is 0.109 e. The van der Waals surface area contributed by atoms with Crippen molar-refractivity contribution in [3.63, 3.8) is 0 Å². The fourth-order valence-corrected chi connectivity index (χ4v) is 1.15. The fourth-order valence-electron chi connectivity index (χ4n) is 1.15. The SMILES string of the molecule is OC[C@H]1NC[C@H](O)[C@@H](O)[C@H]1O.[Cl-]. The largest absolute Gasteiger partial charge is 1.00 e. The summed E-state index contributed by atoms with van der Waals surface area (Å²) in [4.78, 5) is 0. The Hall–Kier alpha value is 0.0900. The van der Waals surface area contributed by atoms with Crippen LogP contribution >= 0.6 is 0 Å². The Balaban J connectivity index is 0.00000121. The number of aliphatic hydroxyl groups excluding tert-OH is 4. The number of β-amino-alcohol motifs (C(OH)–C–C–N with tert-alkyl or cyclic N) is 1. The van der Waals surface area contributed by atoms with Crippen LogP contribution in [0.3, 0.4) is 0 Å². The van der Waals surface area contributed by atoms with Crippen LogP contribution in [0.25, 0.3) is 0 Å². The van der Waals surface area contributed by atoms with Crippen molar-refractivity contribution in [3.8, 4) is 0 Å². The van der Waals surface area contributed by atoms with E-state index < -0.39 is 24.4 Å². The van der Waals surface area contributed by atoms with Gasteiger partial charge in [-0.05, 0) is 0 Å². The highest BCUT2D eigenvalue weighted by Gasteiger charge is 2.35. The average molecular weight is 199 g/mol. The van der Waals surface area contributed by atoms with Crippen molar-refractivity contribution in [2.75, 3.05) is 13.2 Å². The highest BCUT2D eigenvalue weighted by Crippen LogP contribution is 2.09. The van der Waals surface area contributed by atoms with Crippen molar-refractivity contribution < 1.29 is 32.8 Å². The van der Waals surface area contributed by atoms with Crippen LogP contribution in [-0.2, 0) is 0 Å². The topological polar surface area (TPSA) is 93.0 Å². The molecular formula is C6H13ClNO4-. The summed E-state index contributed by atoms with van der Waals surface area (Å²) in [6.07, 6.45) is -3.20. The molecule has 6 heteroatoms. The maximum absolute atomic E-state index is 9.18. The maximum Gasteiger partial charge on any atom is 0.109 e. The van der Waals surface area contributed by atoms with Crippen LogP contribution in [0.5, 0.6) is 0 Å². The van der Waals surface area contributed by atoms with Crippen LogP contribution in [-0.4, -0.2) is 57.9 Å². The van der Waals surface area contributed by atoms with Crippen molar-refractivity contribution in [2.24, 2.45) is 0 Å². The minimum Gasteiger partial charge on any atom is -1.00 e. The molecule has 5 nitrogen and oxygen atoms in total. The van der Waals surface area contributed by atoms with Gasteiger partial charge in [-0.3, -0.25) is 0 Å². The Labute approximate surface area is 76.4 Å². The summed E-state index contributed by atoms with van der Waals surface area (Å²) in [6, 6.07) is -0.534. The fraction of sp³-hybridized carbons (Fsp3) is 1.00. The predicted octanol–water partition coefficient (Wildman–Crippen LogP) is -5.96. The number of rotatable bonds is 1. The first-order chi connectivity index (χ1) is 5.16. The van der Waals surface area contributed by atoms with E-state index in [0.29, 0.717) is 0 Å². The lowest BCUT2D eigenvalue weighted by Gasteiger charge is -2.34. The summed E-state index contributed by atoms with van der Waals surface area (Å²) >= 11 is 0. The number of aliphatic hydroxyl groups is 4. The first-order valence-corrected chi connectivity index (χ1v) is 3.55. The van der Waals surface area contributed by atoms with Crippen molar-refractivity contribution in [1.29, 1.82) is 0 Å². The molecule has 0 spiro atoms. The van der Waals surface area contributed by atoms with E-state index in [1.165, 1.54) is 0 Å². The van der Waals surface area contributed by atoms with Gasteiger partial charge in [-0.15, -0.1) is 0 Å². The van der Waals surface area contributed by atoms with Crippen LogP contribution in [0, 0.1) is 0 Å². The molecule has 0 aromatic carbocycles. The molecule has 12 heavy (non-hydrogen) atoms. The maximum atomic E-state index is 9.18. The lowest BCUT2D eigenvalue weighted by molar-refractivity contribution is -0.101. The molecule has 0 saturated carbocycles. The molecular weight excluding hydrogens is 186 g/mol. The van der Waals surface area contributed by atoms with Gasteiger partial charge >= 0.3 is 0 Å². The van der Waals surface area contributed by atoms with Gasteiger partial charge in [0.15, 0.2) is 0 Å². The molecule has 0 aliphatic carbocycles. The average Bonchev–Trinajstić information content (AvgIpc) is 2.01. The number of piperidine rings is 1. The second-order valence-electron chi connectivity index (χ2n) is 2.75. The number of hydrogen-bond acceptors (Lipinski definition) is 5. The Morgan fingerprint density at radius 3 is 2.25 bits per heavy atom. The number of nitrogens with one attached hydrogen (secondary N) is 1. The molecule has 0 unspecified atom stereocenters. The van der Waals surface area contributed by atoms with Gasteiger partial charge in [0.25, 0.3) is 0 Å². The third-order valence-electron chi connectivity index (χ3n) is 1.94. The molecule has 0 amide bonds. The van der Waals surface area contributed by atoms with Crippen molar-refractivity contribution in [3.05, 3.63) is 0 Å². The summed E-state index contributed by atoms with van der Waals surface area (Å²) < 4.78 is 0. The summed E-state index contributed by atoms with van der Waals surface area (Å²) in [7, 11) is 0. The zero-order valence-electron chi connectivity index (χ0n) is 6.39. The molecule has 0 aromatic heterocycles. The molecule has 1 aliphatic rings. The summed E-state index contributed by atoms with van der Waals surface area (Å²) in [5.41, 5.74) is 0. The molecule has 1 fully saturated rings. The molecule has 0 aromatic rings. The number of hydrogen-bond donors (Lipinski definition) is 5. The van der Waals surface area contributed by atoms with Crippen LogP contribution < -0.4 is 17.7 Å². The van der Waals surface area contributed by atoms with Crippen molar-refractivity contribution in [1.82, 2.24) is 5.32 Å². The first kappa shape index (κ1) is 12.1. The van der Waals surface area contributed by atoms with E-state index in [2.05, 4.69) is 5.32 Å². The summed E-state index contributed by atoms with van der Waals surface area (Å²) in [6.45, 7) is -0.0472. The summed E-state index contributed by atoms with van der Waals surface area (Å²) in [5, 5.41) is 38.6. The Kier molecular flexibility index (Phi) is 5.00. The zero-order valence-corrected chi connectivity index (χ0v) is 7.15. The number of halogens is 1. The van der Waals surface area contributed by atoms with Crippen molar-refractivity contribution in [2.45, 2.75) is 24.4 Å². The lowest BCUT2D eigenvalue weighted by Crippen LogP contribution is -3.00. The standard InChI is InChI=1S/C6H13NO4.ClH/c8-2-3-5(10)6(11)4(9)1-7-3;/h3-11H,1-2H2;1H/p-1/t3-,4+,5+,6-;/m1./s1. The van der Waals surface area contributed by atoms with E-state index in [9.17, 15) is 5.11 Å². The van der Waals surface area contributed by atoms with Crippen LogP contribution in [0.15, 0.2) is 0 Å². The molecule has 74 valence electrons. The normalized spacial score (nSPS) is 42.0. The van der Waals surface area contributed by atoms with Gasteiger partial charge < -0.3 is 38.1 Å². The van der Waals surface area contributed by atoms with Gasteiger partial charge in [0.05, 0.1) is 24.9 Å². The monoisotopic (exact) mass is 198 g/mol. The predicted molar refractivity (Wildman–Crippen MR) is 36.9 cm³/mol. The minimum atomic E-state index is -1.16. The van der Waals surface area contributed by atoms with E-state index in [0.717, 1.165) is 0 Å². The van der Waals surface area contributed by atoms with Gasteiger partial charge in [-0.25, -0.2) is 0 Å². The molecule has 0 radical (unpaired) electrons. The second kappa shape index (κ2) is 4.96. The molecule has 1 rings (SSSR count). The Morgan fingerprint density at radius 1 is 1.17 bits per heavy atom. The molecule has 5 N–H and O–H groups in total. The minimum absolute atomic E-state index is 0. The third kappa shape index (κ3) is 2.29. The van der Waals surface area contributed by atoms with Crippen molar-refractivity contribution >= 4 is 0 Å². The van der Waals surface area contributed by atoms with E-state index >= 15 is 0 Å². The Morgan fingerprint density at radius 2 is 1.75 bits per heavy atom. The first-order valence-electron chi connectivity index (χ1n) is 3.55. The molecule has 1 aliphatic heterocycles. The van der Waals surface area contributed by atoms with Crippen LogP contribution in [0.1, 0.15) is 0 Å². The van der Waals surface area contributed by atoms with Gasteiger partial charge in [0.1, 0.15) is 6.10 Å². The van der Waals surface area contributed by atoms with E-state index in [1.807, 2.05) is 0 Å². The van der Waals surface area contributed by atoms with Gasteiger partial charge in [-0.1, -0.05) is 0 Å². The van der Waals surface area contributed by atoms with E-state index in [-0.39, 0.29) is 25.6 Å². The van der Waals surface area contributed by atoms with Crippen LogP contribution in [0.4, 0.5) is 0 Å². The third-order valence-corrected chi connectivity index (χ3v) is 1.94. The van der Waals surface area contributed by atoms with E-state index in [4.69, 9.17) is 15.3 Å². The summed E-state index contributed by atoms with van der Waals surface area (Å²) in [5.74, 6) is 0. The Bertz CT molecular complexity index is 135. The van der Waals surface area contributed by atoms with E-state index in [1.54, 1.807) is 0 Å². The van der Waals surface area contributed by atoms with Gasteiger partial charge in [0.2, 0.25) is 0 Å². The zero-order chi connectivity index (χ0) is 8.43. The molecule has 1 saturated heterocycles.